The number of carbonyl (C=O) groups is 1. The molecule has 0 unspecified atom stereocenters. The molecular formula is C19H21N7O2. The molecule has 5 heterocycles. The molecule has 144 valence electrons. The Morgan fingerprint density at radius 1 is 1.29 bits per heavy atom. The zero-order chi connectivity index (χ0) is 19.1. The molecule has 28 heavy (non-hydrogen) atoms. The van der Waals surface area contributed by atoms with Crippen LogP contribution in [0, 0.1) is 0 Å². The maximum Gasteiger partial charge on any atom is 0.258 e. The highest BCUT2D eigenvalue weighted by atomic mass is 16.5. The van der Waals surface area contributed by atoms with Crippen molar-refractivity contribution in [2.75, 3.05) is 30.3 Å². The predicted octanol–water partition coefficient (Wildman–Crippen LogP) is 1.56. The summed E-state index contributed by atoms with van der Waals surface area (Å²) < 4.78 is 7.51. The van der Waals surface area contributed by atoms with Crippen molar-refractivity contribution in [3.63, 3.8) is 0 Å². The van der Waals surface area contributed by atoms with Gasteiger partial charge < -0.3 is 20.7 Å². The number of fused-ring (bicyclic) bond motifs is 5. The number of hydrogen-bond donors (Lipinski definition) is 2. The lowest BCUT2D eigenvalue weighted by Crippen LogP contribution is -2.28. The fourth-order valence-electron chi connectivity index (χ4n) is 3.99. The number of amides is 1. The third-order valence-corrected chi connectivity index (χ3v) is 5.28. The van der Waals surface area contributed by atoms with Crippen LogP contribution in [-0.4, -0.2) is 45.2 Å². The molecular weight excluding hydrogens is 358 g/mol. The third-order valence-electron chi connectivity index (χ3n) is 5.28. The summed E-state index contributed by atoms with van der Waals surface area (Å²) in [5, 5.41) is 7.11. The van der Waals surface area contributed by atoms with Gasteiger partial charge in [-0.1, -0.05) is 6.07 Å². The molecule has 1 saturated heterocycles. The number of pyridine rings is 1. The van der Waals surface area contributed by atoms with E-state index in [0.717, 1.165) is 30.8 Å². The molecule has 5 rings (SSSR count). The van der Waals surface area contributed by atoms with Gasteiger partial charge in [0, 0.05) is 31.0 Å². The fraction of sp³-hybridized carbons (Fsp3) is 0.368. The Kier molecular flexibility index (Phi) is 4.00. The van der Waals surface area contributed by atoms with E-state index in [4.69, 9.17) is 15.5 Å². The molecule has 1 amide bonds. The number of nitrogen functional groups attached to an aromatic ring is 1. The van der Waals surface area contributed by atoms with E-state index in [1.54, 1.807) is 16.9 Å². The number of carbonyl (C=O) groups excluding carboxylic acids is 1. The first-order chi connectivity index (χ1) is 13.7. The molecule has 3 aromatic rings. The first-order valence-electron chi connectivity index (χ1n) is 9.50. The van der Waals surface area contributed by atoms with Gasteiger partial charge in [0.05, 0.1) is 12.6 Å². The van der Waals surface area contributed by atoms with Gasteiger partial charge in [0.15, 0.2) is 11.5 Å². The molecule has 3 aromatic heterocycles. The summed E-state index contributed by atoms with van der Waals surface area (Å²) in [6.45, 7) is 1.81. The second-order valence-corrected chi connectivity index (χ2v) is 7.02. The first kappa shape index (κ1) is 16.8. The topological polar surface area (TPSA) is 111 Å². The largest absolute Gasteiger partial charge is 0.477 e. The van der Waals surface area contributed by atoms with Crippen LogP contribution in [0.5, 0.6) is 5.88 Å². The van der Waals surface area contributed by atoms with E-state index in [1.165, 1.54) is 0 Å². The van der Waals surface area contributed by atoms with Crippen molar-refractivity contribution < 1.29 is 9.53 Å². The Hall–Kier alpha value is -3.36. The fourth-order valence-corrected chi connectivity index (χ4v) is 3.99. The number of rotatable bonds is 0. The van der Waals surface area contributed by atoms with Crippen molar-refractivity contribution in [3.05, 3.63) is 41.7 Å². The lowest BCUT2D eigenvalue weighted by atomic mass is 10.1. The van der Waals surface area contributed by atoms with Gasteiger partial charge in [0.2, 0.25) is 5.88 Å². The van der Waals surface area contributed by atoms with Gasteiger partial charge in [-0.2, -0.15) is 0 Å². The second-order valence-electron chi connectivity index (χ2n) is 7.02. The van der Waals surface area contributed by atoms with Crippen LogP contribution < -0.4 is 20.7 Å². The third kappa shape index (κ3) is 2.70. The molecule has 0 aromatic carbocycles. The van der Waals surface area contributed by atoms with Gasteiger partial charge in [-0.05, 0) is 31.4 Å². The minimum Gasteiger partial charge on any atom is -0.477 e. The molecule has 2 aliphatic rings. The summed E-state index contributed by atoms with van der Waals surface area (Å²) in [5.74, 6) is 1.35. The molecule has 2 bridgehead atoms. The Morgan fingerprint density at radius 3 is 3.14 bits per heavy atom. The molecule has 1 atom stereocenters. The molecule has 0 saturated carbocycles. The van der Waals surface area contributed by atoms with Crippen LogP contribution in [0.2, 0.25) is 0 Å². The molecule has 1 fully saturated rings. The summed E-state index contributed by atoms with van der Waals surface area (Å²) in [7, 11) is 0. The van der Waals surface area contributed by atoms with Crippen molar-refractivity contribution in [1.82, 2.24) is 24.9 Å². The Morgan fingerprint density at radius 2 is 2.21 bits per heavy atom. The molecule has 3 N–H and O–H groups in total. The van der Waals surface area contributed by atoms with E-state index >= 15 is 0 Å². The number of nitrogens with one attached hydrogen (secondary N) is 1. The average Bonchev–Trinajstić information content (AvgIpc) is 3.30. The lowest BCUT2D eigenvalue weighted by Gasteiger charge is -2.27. The van der Waals surface area contributed by atoms with Crippen molar-refractivity contribution >= 4 is 23.2 Å². The highest BCUT2D eigenvalue weighted by Crippen LogP contribution is 2.38. The van der Waals surface area contributed by atoms with Crippen LogP contribution >= 0.6 is 0 Å². The predicted molar refractivity (Wildman–Crippen MR) is 103 cm³/mol. The molecule has 0 aliphatic carbocycles. The van der Waals surface area contributed by atoms with Crippen LogP contribution in [0.15, 0.2) is 30.6 Å². The lowest BCUT2D eigenvalue weighted by molar-refractivity contribution is 0.0953. The van der Waals surface area contributed by atoms with Gasteiger partial charge >= 0.3 is 0 Å². The van der Waals surface area contributed by atoms with Crippen LogP contribution in [0.25, 0.3) is 5.65 Å². The smallest absolute Gasteiger partial charge is 0.258 e. The summed E-state index contributed by atoms with van der Waals surface area (Å²) in [6.07, 6.45) is 6.24. The van der Waals surface area contributed by atoms with E-state index in [9.17, 15) is 4.79 Å². The molecule has 9 nitrogen and oxygen atoms in total. The summed E-state index contributed by atoms with van der Waals surface area (Å²) >= 11 is 0. The second kappa shape index (κ2) is 6.66. The van der Waals surface area contributed by atoms with Crippen LogP contribution in [0.3, 0.4) is 0 Å². The molecule has 0 radical (unpaired) electrons. The summed E-state index contributed by atoms with van der Waals surface area (Å²) in [5.41, 5.74) is 7.86. The average molecular weight is 379 g/mol. The molecule has 2 aliphatic heterocycles. The van der Waals surface area contributed by atoms with E-state index in [0.29, 0.717) is 36.7 Å². The van der Waals surface area contributed by atoms with E-state index in [-0.39, 0.29) is 17.8 Å². The Balaban J connectivity index is 1.66. The number of nitrogens with zero attached hydrogens (tertiary/aromatic N) is 5. The number of ether oxygens (including phenoxy) is 1. The quantitative estimate of drug-likeness (QED) is 0.610. The number of anilines is 2. The Labute approximate surface area is 161 Å². The zero-order valence-corrected chi connectivity index (χ0v) is 15.3. The van der Waals surface area contributed by atoms with Crippen LogP contribution in [0.4, 0.5) is 11.6 Å². The van der Waals surface area contributed by atoms with Crippen molar-refractivity contribution in [1.29, 1.82) is 0 Å². The van der Waals surface area contributed by atoms with Gasteiger partial charge in [-0.15, -0.1) is 5.10 Å². The maximum absolute atomic E-state index is 12.7. The van der Waals surface area contributed by atoms with Crippen molar-refractivity contribution in [2.45, 2.75) is 25.3 Å². The minimum atomic E-state index is -0.272. The minimum absolute atomic E-state index is 0.124. The highest BCUT2D eigenvalue weighted by molar-refractivity contribution is 6.04. The van der Waals surface area contributed by atoms with Gasteiger partial charge in [-0.3, -0.25) is 4.79 Å². The van der Waals surface area contributed by atoms with Crippen LogP contribution in [-0.2, 0) is 0 Å². The van der Waals surface area contributed by atoms with Crippen LogP contribution in [0.1, 0.15) is 41.2 Å². The number of hydrogen-bond acceptors (Lipinski definition) is 7. The van der Waals surface area contributed by atoms with Gasteiger partial charge in [0.25, 0.3) is 5.91 Å². The van der Waals surface area contributed by atoms with Gasteiger partial charge in [0.1, 0.15) is 11.4 Å². The van der Waals surface area contributed by atoms with Crippen molar-refractivity contribution in [2.24, 2.45) is 0 Å². The van der Waals surface area contributed by atoms with Crippen molar-refractivity contribution in [3.8, 4) is 5.88 Å². The monoisotopic (exact) mass is 379 g/mol. The Bertz CT molecular complexity index is 1050. The molecule has 0 spiro atoms. The number of nitrogens with two attached hydrogens (primary N) is 1. The molecule has 9 heteroatoms. The normalized spacial score (nSPS) is 19.6. The standard InChI is InChI=1S/C19H21N7O2/c20-16-15-17-23-14(6-10-26(17)24-16)25-9-2-5-13(25)12-4-1-7-22-19(12)28-11-3-8-21-18(15)27/h1,4,6-7,10,13H,2-3,5,8-9,11H2,(H2,20,24)(H,21,27)/t13-/m1/s1. The zero-order valence-electron chi connectivity index (χ0n) is 15.3. The van der Waals surface area contributed by atoms with E-state index in [1.807, 2.05) is 12.1 Å². The van der Waals surface area contributed by atoms with E-state index in [2.05, 4.69) is 26.4 Å². The SMILES string of the molecule is Nc1nn2ccc3nc2c1C(=O)NCCCOc1ncccc1[C@H]1CCCN31. The van der Waals surface area contributed by atoms with E-state index < -0.39 is 0 Å². The first-order valence-corrected chi connectivity index (χ1v) is 9.50. The summed E-state index contributed by atoms with van der Waals surface area (Å²) in [4.78, 5) is 24.1. The maximum atomic E-state index is 12.7. The highest BCUT2D eigenvalue weighted by Gasteiger charge is 2.31. The van der Waals surface area contributed by atoms with Gasteiger partial charge in [-0.25, -0.2) is 14.5 Å². The number of aromatic nitrogens is 4. The summed E-state index contributed by atoms with van der Waals surface area (Å²) in [6, 6.07) is 6.04.